The van der Waals surface area contributed by atoms with Crippen LogP contribution < -0.4 is 10.1 Å². The molecule has 2 N–H and O–H groups in total. The van der Waals surface area contributed by atoms with E-state index in [4.69, 9.17) is 0 Å². The molecule has 0 radical (unpaired) electrons. The van der Waals surface area contributed by atoms with Crippen molar-refractivity contribution < 1.29 is 36.2 Å². The Morgan fingerprint density at radius 3 is 2.11 bits per heavy atom. The number of nitrogens with zero attached hydrogens (tertiary/aromatic N) is 2. The molecule has 0 bridgehead atoms. The number of hydrogen-bond donors (Lipinski definition) is 2. The molecule has 0 amide bonds. The number of rotatable bonds is 5. The Balaban J connectivity index is 1.81. The van der Waals surface area contributed by atoms with E-state index in [0.29, 0.717) is 17.2 Å². The van der Waals surface area contributed by atoms with Crippen LogP contribution in [0.4, 0.5) is 38.0 Å². The van der Waals surface area contributed by atoms with Crippen LogP contribution >= 0.6 is 0 Å². The average molecular weight is 544 g/mol. The van der Waals surface area contributed by atoms with Gasteiger partial charge in [-0.2, -0.15) is 13.2 Å². The Morgan fingerprint density at radius 2 is 1.58 bits per heavy atom. The van der Waals surface area contributed by atoms with Crippen molar-refractivity contribution in [1.82, 2.24) is 9.55 Å². The molecule has 38 heavy (non-hydrogen) atoms. The third kappa shape index (κ3) is 6.19. The molecule has 1 aromatic heterocycles. The molecule has 1 heterocycles. The number of fused-ring (bicyclic) bond motifs is 1. The van der Waals surface area contributed by atoms with E-state index >= 15 is 0 Å². The number of aliphatic hydroxyl groups excluding tert-OH is 1. The molecule has 0 spiro atoms. The Bertz CT molecular complexity index is 1290. The van der Waals surface area contributed by atoms with Gasteiger partial charge in [0.25, 0.3) is 0 Å². The lowest BCUT2D eigenvalue weighted by Gasteiger charge is -2.45. The summed E-state index contributed by atoms with van der Waals surface area (Å²) < 4.78 is 83.5. The summed E-state index contributed by atoms with van der Waals surface area (Å²) in [7, 11) is 0. The van der Waals surface area contributed by atoms with Crippen molar-refractivity contribution in [3.05, 3.63) is 47.5 Å². The van der Waals surface area contributed by atoms with Gasteiger partial charge in [0.2, 0.25) is 5.95 Å². The fourth-order valence-corrected chi connectivity index (χ4v) is 6.03. The first kappa shape index (κ1) is 28.1. The van der Waals surface area contributed by atoms with Gasteiger partial charge >= 0.3 is 12.5 Å². The van der Waals surface area contributed by atoms with Crippen molar-refractivity contribution in [1.29, 1.82) is 0 Å². The number of aryl methyl sites for hydroxylation is 1. The van der Waals surface area contributed by atoms with Gasteiger partial charge in [-0.3, -0.25) is 0 Å². The number of ether oxygens (including phenoxy) is 1. The first-order valence-corrected chi connectivity index (χ1v) is 12.2. The minimum atomic E-state index is -4.83. The van der Waals surface area contributed by atoms with E-state index in [1.54, 1.807) is 6.07 Å². The summed E-state index contributed by atoms with van der Waals surface area (Å²) in [4.78, 5) is 4.59. The molecule has 2 aromatic carbocycles. The number of aromatic nitrogens is 2. The van der Waals surface area contributed by atoms with Gasteiger partial charge in [-0.25, -0.2) is 4.98 Å². The van der Waals surface area contributed by atoms with Crippen molar-refractivity contribution in [3.63, 3.8) is 0 Å². The van der Waals surface area contributed by atoms with Crippen LogP contribution in [0.2, 0.25) is 0 Å². The zero-order valence-corrected chi connectivity index (χ0v) is 21.8. The number of aliphatic hydroxyl groups is 1. The number of halogens is 6. The van der Waals surface area contributed by atoms with Gasteiger partial charge in [0.15, 0.2) is 6.10 Å². The number of benzene rings is 2. The van der Waals surface area contributed by atoms with Crippen LogP contribution in [0.15, 0.2) is 36.4 Å². The predicted octanol–water partition coefficient (Wildman–Crippen LogP) is 8.36. The van der Waals surface area contributed by atoms with Gasteiger partial charge in [-0.1, -0.05) is 27.7 Å². The first-order chi connectivity index (χ1) is 17.3. The molecule has 4 rings (SSSR count). The summed E-state index contributed by atoms with van der Waals surface area (Å²) >= 11 is 0. The second-order valence-corrected chi connectivity index (χ2v) is 11.7. The fraction of sp³-hybridized carbons (Fsp3) is 0.519. The summed E-state index contributed by atoms with van der Waals surface area (Å²) in [6, 6.07) is 7.95. The topological polar surface area (TPSA) is 59.3 Å². The number of nitrogens with one attached hydrogen (secondary N) is 1. The highest BCUT2D eigenvalue weighted by atomic mass is 19.4. The second kappa shape index (κ2) is 9.36. The Kier molecular flexibility index (Phi) is 6.91. The van der Waals surface area contributed by atoms with Crippen LogP contribution in [0.1, 0.15) is 70.2 Å². The lowest BCUT2D eigenvalue weighted by atomic mass is 9.63. The van der Waals surface area contributed by atoms with E-state index in [-0.39, 0.29) is 39.3 Å². The largest absolute Gasteiger partial charge is 0.573 e. The standard InChI is InChI=1S/C27H31F6N3O2/c1-15-10-21-20(11-19(15)22(37)26(28,29)30)35-23(34-16-6-8-18(9-7-16)38-27(31,32)33)36(21)17-12-24(2,3)14-25(4,5)13-17/h6-11,17,22,37H,12-14H2,1-5H3,(H,34,35)/t22-/m0/s1. The highest BCUT2D eigenvalue weighted by molar-refractivity contribution is 5.82. The van der Waals surface area contributed by atoms with E-state index < -0.39 is 18.6 Å². The second-order valence-electron chi connectivity index (χ2n) is 11.7. The number of hydrogen-bond acceptors (Lipinski definition) is 4. The van der Waals surface area contributed by atoms with Crippen LogP contribution in [0, 0.1) is 17.8 Å². The molecular formula is C27H31F6N3O2. The van der Waals surface area contributed by atoms with Crippen LogP contribution in [0.3, 0.4) is 0 Å². The molecule has 5 nitrogen and oxygen atoms in total. The SMILES string of the molecule is Cc1cc2c(cc1[C@H](O)C(F)(F)F)nc(Nc1ccc(OC(F)(F)F)cc1)n2C1CC(C)(C)CC(C)(C)C1. The van der Waals surface area contributed by atoms with E-state index in [1.165, 1.54) is 25.1 Å². The Morgan fingerprint density at radius 1 is 1.00 bits per heavy atom. The maximum atomic E-state index is 13.3. The molecule has 1 aliphatic rings. The summed E-state index contributed by atoms with van der Waals surface area (Å²) in [5.74, 6) is -0.0326. The molecular weight excluding hydrogens is 512 g/mol. The Labute approximate surface area is 216 Å². The molecule has 1 aliphatic carbocycles. The molecule has 1 fully saturated rings. The van der Waals surface area contributed by atoms with Gasteiger partial charge in [0, 0.05) is 11.7 Å². The van der Waals surface area contributed by atoms with Crippen LogP contribution in [0.5, 0.6) is 5.75 Å². The summed E-state index contributed by atoms with van der Waals surface area (Å²) in [5, 5.41) is 13.1. The van der Waals surface area contributed by atoms with Crippen LogP contribution in [-0.2, 0) is 0 Å². The van der Waals surface area contributed by atoms with E-state index in [2.05, 4.69) is 42.7 Å². The molecule has 3 aromatic rings. The molecule has 208 valence electrons. The summed E-state index contributed by atoms with van der Waals surface area (Å²) in [6.45, 7) is 10.2. The van der Waals surface area contributed by atoms with E-state index in [9.17, 15) is 31.4 Å². The third-order valence-electron chi connectivity index (χ3n) is 6.92. The maximum absolute atomic E-state index is 13.3. The average Bonchev–Trinajstić information content (AvgIpc) is 3.06. The molecule has 11 heteroatoms. The zero-order valence-electron chi connectivity index (χ0n) is 21.8. The number of alkyl halides is 6. The molecule has 0 unspecified atom stereocenters. The minimum Gasteiger partial charge on any atom is -0.406 e. The monoisotopic (exact) mass is 543 g/mol. The minimum absolute atomic E-state index is 0.0155. The lowest BCUT2D eigenvalue weighted by Crippen LogP contribution is -2.35. The highest BCUT2D eigenvalue weighted by Crippen LogP contribution is 2.51. The van der Waals surface area contributed by atoms with Crippen molar-refractivity contribution in [2.24, 2.45) is 10.8 Å². The predicted molar refractivity (Wildman–Crippen MR) is 132 cm³/mol. The normalized spacial score (nSPS) is 18.9. The molecule has 1 atom stereocenters. The van der Waals surface area contributed by atoms with Gasteiger partial charge in [0.05, 0.1) is 11.0 Å². The smallest absolute Gasteiger partial charge is 0.406 e. The maximum Gasteiger partial charge on any atom is 0.573 e. The van der Waals surface area contributed by atoms with E-state index in [1.807, 2.05) is 4.57 Å². The van der Waals surface area contributed by atoms with Gasteiger partial charge in [-0.15, -0.1) is 13.2 Å². The quantitative estimate of drug-likeness (QED) is 0.318. The highest BCUT2D eigenvalue weighted by Gasteiger charge is 2.42. The van der Waals surface area contributed by atoms with Crippen molar-refractivity contribution in [3.8, 4) is 5.75 Å². The molecule has 0 saturated heterocycles. The van der Waals surface area contributed by atoms with Gasteiger partial charge < -0.3 is 19.7 Å². The van der Waals surface area contributed by atoms with Crippen molar-refractivity contribution >= 4 is 22.7 Å². The lowest BCUT2D eigenvalue weighted by molar-refractivity contribution is -0.274. The summed E-state index contributed by atoms with van der Waals surface area (Å²) in [5.41, 5.74) is 1.28. The van der Waals surface area contributed by atoms with Gasteiger partial charge in [0.1, 0.15) is 5.75 Å². The molecule has 1 saturated carbocycles. The van der Waals surface area contributed by atoms with Crippen LogP contribution in [-0.4, -0.2) is 27.2 Å². The van der Waals surface area contributed by atoms with E-state index in [0.717, 1.165) is 31.4 Å². The summed E-state index contributed by atoms with van der Waals surface area (Å²) in [6.07, 6.45) is -9.73. The van der Waals surface area contributed by atoms with Crippen molar-refractivity contribution in [2.45, 2.75) is 78.6 Å². The zero-order chi connectivity index (χ0) is 28.3. The Hall–Kier alpha value is -2.95. The number of imidazole rings is 1. The van der Waals surface area contributed by atoms with Gasteiger partial charge in [-0.05, 0) is 84.5 Å². The molecule has 0 aliphatic heterocycles. The number of anilines is 2. The van der Waals surface area contributed by atoms with Crippen LogP contribution in [0.25, 0.3) is 11.0 Å². The first-order valence-electron chi connectivity index (χ1n) is 12.2. The fourth-order valence-electron chi connectivity index (χ4n) is 6.03. The van der Waals surface area contributed by atoms with Crippen molar-refractivity contribution in [2.75, 3.05) is 5.32 Å². The third-order valence-corrected chi connectivity index (χ3v) is 6.92.